The number of carbonyl (C=O) groups excluding carboxylic acids is 1. The van der Waals surface area contributed by atoms with Gasteiger partial charge in [0, 0.05) is 28.2 Å². The molecule has 27 heavy (non-hydrogen) atoms. The van der Waals surface area contributed by atoms with Crippen LogP contribution in [0.25, 0.3) is 16.6 Å². The van der Waals surface area contributed by atoms with Crippen LogP contribution in [0.3, 0.4) is 0 Å². The highest BCUT2D eigenvalue weighted by atomic mass is 35.5. The first-order chi connectivity index (χ1) is 12.9. The number of aryl methyl sites for hydroxylation is 1. The number of furan rings is 1. The maximum absolute atomic E-state index is 12.4. The van der Waals surface area contributed by atoms with Gasteiger partial charge in [0.2, 0.25) is 5.76 Å². The highest BCUT2D eigenvalue weighted by Gasteiger charge is 2.19. The van der Waals surface area contributed by atoms with Crippen molar-refractivity contribution in [1.82, 2.24) is 9.38 Å². The minimum Gasteiger partial charge on any atom is -0.453 e. The molecule has 0 unspecified atom stereocenters. The molecule has 3 aromatic heterocycles. The summed E-state index contributed by atoms with van der Waals surface area (Å²) in [7, 11) is 0. The van der Waals surface area contributed by atoms with Crippen LogP contribution in [0, 0.1) is 6.92 Å². The molecule has 0 aliphatic carbocycles. The van der Waals surface area contributed by atoms with Crippen LogP contribution in [0.15, 0.2) is 51.8 Å². The molecule has 0 atom stereocenters. The van der Waals surface area contributed by atoms with Gasteiger partial charge in [-0.3, -0.25) is 9.20 Å². The SMILES string of the molecule is Cc1c(C(=O)OCc2cc(=O)n3cc(Cl)ccc3n2)oc2ccc(Cl)cc12. The molecule has 1 aromatic carbocycles. The van der Waals surface area contributed by atoms with E-state index in [1.165, 1.54) is 16.7 Å². The van der Waals surface area contributed by atoms with Gasteiger partial charge < -0.3 is 9.15 Å². The van der Waals surface area contributed by atoms with Gasteiger partial charge in [0.25, 0.3) is 5.56 Å². The molecule has 8 heteroatoms. The number of ether oxygens (including phenoxy) is 1. The summed E-state index contributed by atoms with van der Waals surface area (Å²) < 4.78 is 12.2. The largest absolute Gasteiger partial charge is 0.453 e. The lowest BCUT2D eigenvalue weighted by atomic mass is 10.1. The van der Waals surface area contributed by atoms with Crippen LogP contribution in [0.1, 0.15) is 21.8 Å². The maximum Gasteiger partial charge on any atom is 0.374 e. The zero-order valence-corrected chi connectivity index (χ0v) is 15.5. The fourth-order valence-electron chi connectivity index (χ4n) is 2.79. The fraction of sp³-hybridized carbons (Fsp3) is 0.105. The quantitative estimate of drug-likeness (QED) is 0.474. The summed E-state index contributed by atoms with van der Waals surface area (Å²) >= 11 is 11.9. The number of esters is 1. The number of nitrogens with zero attached hydrogens (tertiary/aromatic N) is 2. The van der Waals surface area contributed by atoms with E-state index in [9.17, 15) is 9.59 Å². The summed E-state index contributed by atoms with van der Waals surface area (Å²) in [6.45, 7) is 1.59. The van der Waals surface area contributed by atoms with Crippen molar-refractivity contribution >= 4 is 45.8 Å². The Morgan fingerprint density at radius 2 is 1.96 bits per heavy atom. The lowest BCUT2D eigenvalue weighted by Crippen LogP contribution is -2.16. The number of hydrogen-bond acceptors (Lipinski definition) is 5. The number of benzene rings is 1. The molecule has 0 saturated carbocycles. The molecule has 0 spiro atoms. The van der Waals surface area contributed by atoms with Crippen LogP contribution in [0.4, 0.5) is 0 Å². The van der Waals surface area contributed by atoms with Crippen LogP contribution < -0.4 is 5.56 Å². The Morgan fingerprint density at radius 3 is 2.78 bits per heavy atom. The lowest BCUT2D eigenvalue weighted by Gasteiger charge is -2.05. The van der Waals surface area contributed by atoms with Crippen molar-refractivity contribution in [3.63, 3.8) is 0 Å². The third-order valence-corrected chi connectivity index (χ3v) is 4.57. The third-order valence-electron chi connectivity index (χ3n) is 4.11. The molecule has 136 valence electrons. The zero-order chi connectivity index (χ0) is 19.1. The topological polar surface area (TPSA) is 73.8 Å². The van der Waals surface area contributed by atoms with Crippen LogP contribution in [0.2, 0.25) is 10.0 Å². The molecule has 0 aliphatic rings. The van der Waals surface area contributed by atoms with E-state index in [4.69, 9.17) is 32.4 Å². The van der Waals surface area contributed by atoms with Gasteiger partial charge in [0.05, 0.1) is 10.7 Å². The molecule has 4 aromatic rings. The molecule has 0 bridgehead atoms. The van der Waals surface area contributed by atoms with E-state index in [-0.39, 0.29) is 17.9 Å². The van der Waals surface area contributed by atoms with E-state index < -0.39 is 5.97 Å². The summed E-state index contributed by atoms with van der Waals surface area (Å²) in [6.07, 6.45) is 1.48. The van der Waals surface area contributed by atoms with Gasteiger partial charge >= 0.3 is 5.97 Å². The summed E-state index contributed by atoms with van der Waals surface area (Å²) in [6, 6.07) is 9.63. The predicted molar refractivity (Wildman–Crippen MR) is 102 cm³/mol. The number of halogens is 2. The Hall–Kier alpha value is -2.83. The first-order valence-corrected chi connectivity index (χ1v) is 8.71. The summed E-state index contributed by atoms with van der Waals surface area (Å²) in [4.78, 5) is 28.9. The minimum absolute atomic E-state index is 0.0940. The highest BCUT2D eigenvalue weighted by Crippen LogP contribution is 2.28. The van der Waals surface area contributed by atoms with Crippen molar-refractivity contribution in [2.24, 2.45) is 0 Å². The molecular weight excluding hydrogens is 391 g/mol. The second-order valence-corrected chi connectivity index (χ2v) is 6.81. The molecule has 0 amide bonds. The molecule has 0 N–H and O–H groups in total. The van der Waals surface area contributed by atoms with Crippen molar-refractivity contribution in [1.29, 1.82) is 0 Å². The average Bonchev–Trinajstić information content (AvgIpc) is 2.97. The highest BCUT2D eigenvalue weighted by molar-refractivity contribution is 6.31. The second kappa shape index (κ2) is 6.72. The summed E-state index contributed by atoms with van der Waals surface area (Å²) in [5, 5.41) is 1.71. The van der Waals surface area contributed by atoms with E-state index in [1.807, 2.05) is 0 Å². The van der Waals surface area contributed by atoms with E-state index in [2.05, 4.69) is 4.98 Å². The number of fused-ring (bicyclic) bond motifs is 2. The van der Waals surface area contributed by atoms with Crippen molar-refractivity contribution in [2.45, 2.75) is 13.5 Å². The molecule has 6 nitrogen and oxygen atoms in total. The number of pyridine rings is 1. The van der Waals surface area contributed by atoms with Gasteiger partial charge in [0.15, 0.2) is 0 Å². The fourth-order valence-corrected chi connectivity index (χ4v) is 3.13. The first kappa shape index (κ1) is 17.6. The van der Waals surface area contributed by atoms with Crippen molar-refractivity contribution in [3.05, 3.63) is 80.0 Å². The second-order valence-electron chi connectivity index (χ2n) is 5.93. The molecule has 0 saturated heterocycles. The first-order valence-electron chi connectivity index (χ1n) is 7.96. The monoisotopic (exact) mass is 402 g/mol. The van der Waals surface area contributed by atoms with Gasteiger partial charge in [0.1, 0.15) is 17.8 Å². The normalized spacial score (nSPS) is 11.2. The van der Waals surface area contributed by atoms with Crippen molar-refractivity contribution in [3.8, 4) is 0 Å². The summed E-state index contributed by atoms with van der Waals surface area (Å²) in [5.74, 6) is -0.547. The van der Waals surface area contributed by atoms with Gasteiger partial charge in [-0.05, 0) is 37.3 Å². The molecule has 3 heterocycles. The van der Waals surface area contributed by atoms with Gasteiger partial charge in [-0.2, -0.15) is 0 Å². The van der Waals surface area contributed by atoms with Gasteiger partial charge in [-0.15, -0.1) is 0 Å². The zero-order valence-electron chi connectivity index (χ0n) is 14.0. The van der Waals surface area contributed by atoms with Crippen molar-refractivity contribution < 1.29 is 13.9 Å². The summed E-state index contributed by atoms with van der Waals surface area (Å²) in [5.41, 5.74) is 1.60. The predicted octanol–water partition coefficient (Wildman–Crippen LogP) is 4.41. The van der Waals surface area contributed by atoms with E-state index >= 15 is 0 Å². The van der Waals surface area contributed by atoms with E-state index in [0.29, 0.717) is 32.5 Å². The number of aromatic nitrogens is 2. The maximum atomic E-state index is 12.4. The van der Waals surface area contributed by atoms with Gasteiger partial charge in [-0.1, -0.05) is 23.2 Å². The molecule has 0 fully saturated rings. The van der Waals surface area contributed by atoms with Crippen LogP contribution in [-0.4, -0.2) is 15.4 Å². The Labute approximate surface area is 162 Å². The molecule has 4 rings (SSSR count). The van der Waals surface area contributed by atoms with E-state index in [0.717, 1.165) is 5.39 Å². The lowest BCUT2D eigenvalue weighted by molar-refractivity contribution is 0.0432. The van der Waals surface area contributed by atoms with Crippen LogP contribution >= 0.6 is 23.2 Å². The number of rotatable bonds is 3. The standard InChI is InChI=1S/C19H12Cl2N2O4/c1-10-14-6-11(20)2-4-15(14)27-18(10)19(25)26-9-13-7-17(24)23-8-12(21)3-5-16(23)22-13/h2-8H,9H2,1H3. The Kier molecular flexibility index (Phi) is 4.37. The molecular formula is C19H12Cl2N2O4. The molecule has 0 radical (unpaired) electrons. The number of hydrogen-bond donors (Lipinski definition) is 0. The minimum atomic E-state index is -0.641. The Morgan fingerprint density at radius 1 is 1.19 bits per heavy atom. The van der Waals surface area contributed by atoms with Crippen LogP contribution in [0.5, 0.6) is 0 Å². The average molecular weight is 403 g/mol. The van der Waals surface area contributed by atoms with Crippen LogP contribution in [-0.2, 0) is 11.3 Å². The van der Waals surface area contributed by atoms with E-state index in [1.54, 1.807) is 37.3 Å². The Balaban J connectivity index is 1.59. The number of carbonyl (C=O) groups is 1. The third kappa shape index (κ3) is 3.29. The van der Waals surface area contributed by atoms with Crippen molar-refractivity contribution in [2.75, 3.05) is 0 Å². The van der Waals surface area contributed by atoms with Gasteiger partial charge in [-0.25, -0.2) is 9.78 Å². The smallest absolute Gasteiger partial charge is 0.374 e. The Bertz CT molecular complexity index is 1260. The molecule has 0 aliphatic heterocycles.